The molecule has 2 N–H and O–H groups in total. The Morgan fingerprint density at radius 1 is 1.35 bits per heavy atom. The number of allylic oxidation sites excluding steroid dienone is 1. The van der Waals surface area contributed by atoms with Crippen molar-refractivity contribution in [3.05, 3.63) is 37.0 Å². The molecule has 0 saturated heterocycles. The predicted octanol–water partition coefficient (Wildman–Crippen LogP) is 3.24. The summed E-state index contributed by atoms with van der Waals surface area (Å²) >= 11 is 0. The lowest BCUT2D eigenvalue weighted by Gasteiger charge is -2.67. The average molecular weight is 318 g/mol. The molecule has 3 nitrogen and oxygen atoms in total. The molecule has 0 aromatic rings. The van der Waals surface area contributed by atoms with Crippen molar-refractivity contribution in [3.8, 4) is 0 Å². The van der Waals surface area contributed by atoms with Gasteiger partial charge in [-0.1, -0.05) is 38.7 Å². The van der Waals surface area contributed by atoms with Crippen LogP contribution in [0.4, 0.5) is 0 Å². The number of aliphatic hydroxyl groups excluding tert-OH is 1. The maximum absolute atomic E-state index is 12.0. The van der Waals surface area contributed by atoms with Gasteiger partial charge in [0, 0.05) is 13.5 Å². The van der Waals surface area contributed by atoms with E-state index < -0.39 is 17.3 Å². The van der Waals surface area contributed by atoms with Gasteiger partial charge in [0.05, 0.1) is 11.7 Å². The van der Waals surface area contributed by atoms with Crippen LogP contribution in [0.2, 0.25) is 0 Å². The lowest BCUT2D eigenvalue weighted by molar-refractivity contribution is -0.222. The van der Waals surface area contributed by atoms with E-state index in [1.54, 1.807) is 13.2 Å². The summed E-state index contributed by atoms with van der Waals surface area (Å²) in [4.78, 5) is 0. The highest BCUT2D eigenvalue weighted by Crippen LogP contribution is 2.68. The molecular formula is C20H30O3. The van der Waals surface area contributed by atoms with Gasteiger partial charge in [0.1, 0.15) is 5.60 Å². The molecule has 3 saturated carbocycles. The molecule has 3 heteroatoms. The second kappa shape index (κ2) is 5.30. The highest BCUT2D eigenvalue weighted by molar-refractivity contribution is 5.43. The lowest BCUT2D eigenvalue weighted by atomic mass is 9.39. The first-order valence-corrected chi connectivity index (χ1v) is 8.69. The number of methoxy groups -OCH3 is 1. The summed E-state index contributed by atoms with van der Waals surface area (Å²) in [5, 5.41) is 22.2. The van der Waals surface area contributed by atoms with Gasteiger partial charge in [0.15, 0.2) is 0 Å². The maximum Gasteiger partial charge on any atom is 0.112 e. The van der Waals surface area contributed by atoms with Crippen LogP contribution in [0.1, 0.15) is 39.5 Å². The molecule has 0 unspecified atom stereocenters. The molecule has 0 radical (unpaired) electrons. The zero-order valence-electron chi connectivity index (χ0n) is 14.6. The lowest BCUT2D eigenvalue weighted by Crippen LogP contribution is -2.67. The Bertz CT molecular complexity index is 549. The van der Waals surface area contributed by atoms with E-state index in [-0.39, 0.29) is 17.3 Å². The number of fused-ring (bicyclic) bond motifs is 2. The summed E-state index contributed by atoms with van der Waals surface area (Å²) in [5.41, 5.74) is -0.806. The SMILES string of the molecule is C=CC[C@@H]1C[C@H]2C[C@H](C2(C)C)[C@@]1(O)C1=C[C@H](O)C[C@]1(C=C)OC. The van der Waals surface area contributed by atoms with E-state index in [1.807, 2.05) is 12.2 Å². The van der Waals surface area contributed by atoms with Crippen LogP contribution in [0.15, 0.2) is 37.0 Å². The summed E-state index contributed by atoms with van der Waals surface area (Å²) in [6.07, 6.45) is 8.12. The molecule has 4 aliphatic rings. The Balaban J connectivity index is 2.10. The van der Waals surface area contributed by atoms with Crippen molar-refractivity contribution in [2.75, 3.05) is 7.11 Å². The van der Waals surface area contributed by atoms with E-state index in [0.29, 0.717) is 12.3 Å². The Morgan fingerprint density at radius 2 is 2.04 bits per heavy atom. The summed E-state index contributed by atoms with van der Waals surface area (Å²) in [5.74, 6) is 0.970. The summed E-state index contributed by atoms with van der Waals surface area (Å²) < 4.78 is 5.78. The second-order valence-electron chi connectivity index (χ2n) is 8.24. The Labute approximate surface area is 139 Å². The molecule has 2 bridgehead atoms. The van der Waals surface area contributed by atoms with E-state index in [0.717, 1.165) is 24.8 Å². The van der Waals surface area contributed by atoms with E-state index >= 15 is 0 Å². The minimum atomic E-state index is -0.964. The number of hydrogen-bond acceptors (Lipinski definition) is 3. The Hall–Kier alpha value is -0.900. The number of hydrogen-bond donors (Lipinski definition) is 2. The third-order valence-corrected chi connectivity index (χ3v) is 7.10. The molecule has 0 aromatic carbocycles. The molecule has 0 aliphatic heterocycles. The van der Waals surface area contributed by atoms with E-state index in [1.165, 1.54) is 0 Å². The van der Waals surface area contributed by atoms with E-state index in [2.05, 4.69) is 27.0 Å². The largest absolute Gasteiger partial charge is 0.389 e. The Kier molecular flexibility index (Phi) is 3.90. The van der Waals surface area contributed by atoms with E-state index in [9.17, 15) is 10.2 Å². The number of ether oxygens (including phenoxy) is 1. The standard InChI is InChI=1S/C20H30O3/c1-6-8-13-9-14-10-16(18(14,3)4)20(13,22)17-11-15(21)12-19(17,7-2)23-5/h6-7,11,13-16,21-22H,1-2,8-10,12H2,3-5H3/t13-,14+,15+,16-,19+,20-/m1/s1. The molecule has 0 heterocycles. The van der Waals surface area contributed by atoms with Crippen molar-refractivity contribution < 1.29 is 14.9 Å². The average Bonchev–Trinajstić information content (AvgIpc) is 2.87. The fourth-order valence-corrected chi connectivity index (χ4v) is 5.61. The van der Waals surface area contributed by atoms with Crippen LogP contribution in [0.25, 0.3) is 0 Å². The normalized spacial score (nSPS) is 47.6. The van der Waals surface area contributed by atoms with Gasteiger partial charge in [-0.15, -0.1) is 6.58 Å². The minimum absolute atomic E-state index is 0.113. The summed E-state index contributed by atoms with van der Waals surface area (Å²) in [6, 6.07) is 0. The van der Waals surface area contributed by atoms with Crippen molar-refractivity contribution in [1.29, 1.82) is 0 Å². The monoisotopic (exact) mass is 318 g/mol. The zero-order valence-corrected chi connectivity index (χ0v) is 14.6. The van der Waals surface area contributed by atoms with Crippen LogP contribution in [-0.2, 0) is 4.74 Å². The predicted molar refractivity (Wildman–Crippen MR) is 91.9 cm³/mol. The topological polar surface area (TPSA) is 49.7 Å². The molecule has 0 aromatic heterocycles. The molecule has 6 atom stereocenters. The highest BCUT2D eigenvalue weighted by Gasteiger charge is 2.68. The number of rotatable bonds is 5. The van der Waals surface area contributed by atoms with Gasteiger partial charge < -0.3 is 14.9 Å². The van der Waals surface area contributed by atoms with E-state index in [4.69, 9.17) is 4.74 Å². The van der Waals surface area contributed by atoms with Crippen LogP contribution < -0.4 is 0 Å². The van der Waals surface area contributed by atoms with Crippen molar-refractivity contribution in [1.82, 2.24) is 0 Å². The van der Waals surface area contributed by atoms with Crippen molar-refractivity contribution >= 4 is 0 Å². The molecule has 0 amide bonds. The molecule has 3 fully saturated rings. The zero-order chi connectivity index (χ0) is 17.0. The molecule has 128 valence electrons. The first kappa shape index (κ1) is 16.9. The Morgan fingerprint density at radius 3 is 2.57 bits per heavy atom. The third-order valence-electron chi connectivity index (χ3n) is 7.10. The summed E-state index contributed by atoms with van der Waals surface area (Å²) in [6.45, 7) is 12.3. The van der Waals surface area contributed by atoms with Crippen molar-refractivity contribution in [3.63, 3.8) is 0 Å². The molecular weight excluding hydrogens is 288 g/mol. The van der Waals surface area contributed by atoms with Gasteiger partial charge in [-0.05, 0) is 48.0 Å². The van der Waals surface area contributed by atoms with Crippen LogP contribution in [0.3, 0.4) is 0 Å². The molecule has 0 spiro atoms. The number of aliphatic hydroxyl groups is 2. The van der Waals surface area contributed by atoms with Crippen LogP contribution in [-0.4, -0.2) is 34.6 Å². The van der Waals surface area contributed by atoms with Gasteiger partial charge >= 0.3 is 0 Å². The maximum atomic E-state index is 12.0. The first-order valence-electron chi connectivity index (χ1n) is 8.69. The molecule has 23 heavy (non-hydrogen) atoms. The fourth-order valence-electron chi connectivity index (χ4n) is 5.61. The quantitative estimate of drug-likeness (QED) is 0.765. The molecule has 4 aliphatic carbocycles. The van der Waals surface area contributed by atoms with Gasteiger partial charge in [0.2, 0.25) is 0 Å². The van der Waals surface area contributed by atoms with Crippen molar-refractivity contribution in [2.45, 2.75) is 56.8 Å². The van der Waals surface area contributed by atoms with Gasteiger partial charge in [-0.25, -0.2) is 0 Å². The van der Waals surface area contributed by atoms with Gasteiger partial charge in [0.25, 0.3) is 0 Å². The summed E-state index contributed by atoms with van der Waals surface area (Å²) in [7, 11) is 1.64. The smallest absolute Gasteiger partial charge is 0.112 e. The highest BCUT2D eigenvalue weighted by atomic mass is 16.5. The van der Waals surface area contributed by atoms with Crippen LogP contribution in [0, 0.1) is 23.2 Å². The second-order valence-corrected chi connectivity index (χ2v) is 8.24. The molecule has 4 rings (SSSR count). The third kappa shape index (κ3) is 2.06. The van der Waals surface area contributed by atoms with Gasteiger partial charge in [-0.3, -0.25) is 0 Å². The van der Waals surface area contributed by atoms with Crippen LogP contribution in [0.5, 0.6) is 0 Å². The van der Waals surface area contributed by atoms with Crippen molar-refractivity contribution in [2.24, 2.45) is 23.2 Å². The van der Waals surface area contributed by atoms with Crippen LogP contribution >= 0.6 is 0 Å². The van der Waals surface area contributed by atoms with Gasteiger partial charge in [-0.2, -0.15) is 0 Å². The minimum Gasteiger partial charge on any atom is -0.389 e. The first-order chi connectivity index (χ1) is 10.8. The fraction of sp³-hybridized carbons (Fsp3) is 0.700.